The Kier molecular flexibility index (Phi) is 3.32. The number of nitriles is 1. The molecule has 0 unspecified atom stereocenters. The van der Waals surface area contributed by atoms with E-state index in [4.69, 9.17) is 11.6 Å². The van der Waals surface area contributed by atoms with Crippen molar-refractivity contribution in [3.63, 3.8) is 0 Å². The first kappa shape index (κ1) is 12.9. The van der Waals surface area contributed by atoms with E-state index in [0.29, 0.717) is 10.6 Å². The van der Waals surface area contributed by atoms with Gasteiger partial charge in [0.2, 0.25) is 0 Å². The van der Waals surface area contributed by atoms with Crippen molar-refractivity contribution in [1.82, 2.24) is 4.90 Å². The van der Waals surface area contributed by atoms with Crippen LogP contribution in [0.1, 0.15) is 35.2 Å². The van der Waals surface area contributed by atoms with Crippen LogP contribution in [0.2, 0.25) is 5.02 Å². The van der Waals surface area contributed by atoms with Crippen LogP contribution in [-0.2, 0) is 0 Å². The van der Waals surface area contributed by atoms with Gasteiger partial charge in [-0.25, -0.2) is 0 Å². The van der Waals surface area contributed by atoms with Crippen molar-refractivity contribution >= 4 is 17.5 Å². The van der Waals surface area contributed by atoms with E-state index in [1.165, 1.54) is 0 Å². The van der Waals surface area contributed by atoms with Crippen molar-refractivity contribution in [2.24, 2.45) is 0 Å². The summed E-state index contributed by atoms with van der Waals surface area (Å²) in [5.74, 6) is -0.141. The number of benzene rings is 1. The van der Waals surface area contributed by atoms with E-state index in [0.717, 1.165) is 24.8 Å². The number of rotatable bonds is 2. The van der Waals surface area contributed by atoms with E-state index in [9.17, 15) is 10.1 Å². The summed E-state index contributed by atoms with van der Waals surface area (Å²) in [6.45, 7) is 1.89. The third kappa shape index (κ3) is 1.97. The second kappa shape index (κ2) is 4.62. The zero-order chi connectivity index (χ0) is 13.3. The molecule has 1 saturated carbocycles. The van der Waals surface area contributed by atoms with Crippen molar-refractivity contribution < 1.29 is 4.79 Å². The Morgan fingerprint density at radius 1 is 1.50 bits per heavy atom. The maximum Gasteiger partial charge on any atom is 0.254 e. The van der Waals surface area contributed by atoms with Gasteiger partial charge in [0, 0.05) is 17.6 Å². The smallest absolute Gasteiger partial charge is 0.254 e. The summed E-state index contributed by atoms with van der Waals surface area (Å²) in [5, 5.41) is 9.81. The van der Waals surface area contributed by atoms with Crippen LogP contribution in [0.25, 0.3) is 0 Å². The van der Waals surface area contributed by atoms with Crippen LogP contribution in [0.15, 0.2) is 18.2 Å². The molecule has 0 spiro atoms. The summed E-state index contributed by atoms with van der Waals surface area (Å²) in [6, 6.07) is 7.51. The molecule has 0 bridgehead atoms. The first-order valence-corrected chi connectivity index (χ1v) is 6.33. The Balaban J connectivity index is 2.26. The van der Waals surface area contributed by atoms with Gasteiger partial charge in [-0.1, -0.05) is 17.7 Å². The summed E-state index contributed by atoms with van der Waals surface area (Å²) in [6.07, 6.45) is 2.51. The van der Waals surface area contributed by atoms with Crippen LogP contribution in [-0.4, -0.2) is 23.4 Å². The lowest BCUT2D eigenvalue weighted by molar-refractivity contribution is 0.0497. The molecule has 0 aliphatic heterocycles. The summed E-state index contributed by atoms with van der Waals surface area (Å²) >= 11 is 6.02. The van der Waals surface area contributed by atoms with E-state index in [1.807, 2.05) is 13.0 Å². The van der Waals surface area contributed by atoms with Gasteiger partial charge in [-0.3, -0.25) is 4.79 Å². The summed E-state index contributed by atoms with van der Waals surface area (Å²) < 4.78 is 0. The monoisotopic (exact) mass is 262 g/mol. The zero-order valence-electron chi connectivity index (χ0n) is 10.5. The highest BCUT2D eigenvalue weighted by Crippen LogP contribution is 2.37. The third-order valence-corrected chi connectivity index (χ3v) is 4.16. The Morgan fingerprint density at radius 3 is 2.61 bits per heavy atom. The normalized spacial score (nSPS) is 16.6. The molecule has 1 aliphatic carbocycles. The first-order valence-electron chi connectivity index (χ1n) is 5.96. The first-order chi connectivity index (χ1) is 8.50. The standard InChI is InChI=1S/C14H15ClN2O/c1-10-4-5-11(8-12(10)15)13(18)17(2)14(9-16)6-3-7-14/h4-5,8H,3,6-7H2,1-2H3. The van der Waals surface area contributed by atoms with Crippen molar-refractivity contribution in [3.8, 4) is 6.07 Å². The number of nitrogens with zero attached hydrogens (tertiary/aromatic N) is 2. The molecule has 4 heteroatoms. The van der Waals surface area contributed by atoms with Gasteiger partial charge in [-0.05, 0) is 43.9 Å². The SMILES string of the molecule is Cc1ccc(C(=O)N(C)C2(C#N)CCC2)cc1Cl. The second-order valence-corrected chi connectivity index (χ2v) is 5.23. The maximum absolute atomic E-state index is 12.3. The van der Waals surface area contributed by atoms with Crippen LogP contribution in [0, 0.1) is 18.3 Å². The van der Waals surface area contributed by atoms with Gasteiger partial charge in [0.05, 0.1) is 6.07 Å². The Labute approximate surface area is 112 Å². The highest BCUT2D eigenvalue weighted by Gasteiger charge is 2.43. The Hall–Kier alpha value is -1.53. The minimum absolute atomic E-state index is 0.141. The molecule has 0 aromatic heterocycles. The van der Waals surface area contributed by atoms with Crippen LogP contribution in [0.5, 0.6) is 0 Å². The third-order valence-electron chi connectivity index (χ3n) is 3.75. The highest BCUT2D eigenvalue weighted by molar-refractivity contribution is 6.31. The Bertz CT molecular complexity index is 529. The van der Waals surface area contributed by atoms with Gasteiger partial charge in [0.25, 0.3) is 5.91 Å². The summed E-state index contributed by atoms with van der Waals surface area (Å²) in [4.78, 5) is 13.9. The average molecular weight is 263 g/mol. The fourth-order valence-electron chi connectivity index (χ4n) is 2.15. The molecule has 1 aromatic carbocycles. The van der Waals surface area contributed by atoms with Gasteiger partial charge in [-0.15, -0.1) is 0 Å². The number of carbonyl (C=O) groups excluding carboxylic acids is 1. The number of hydrogen-bond donors (Lipinski definition) is 0. The summed E-state index contributed by atoms with van der Waals surface area (Å²) in [7, 11) is 1.69. The van der Waals surface area contributed by atoms with Crippen LogP contribution < -0.4 is 0 Å². The second-order valence-electron chi connectivity index (χ2n) is 4.83. The summed E-state index contributed by atoms with van der Waals surface area (Å²) in [5.41, 5.74) is 0.859. The van der Waals surface area contributed by atoms with Crippen molar-refractivity contribution in [2.45, 2.75) is 31.7 Å². The molecule has 1 fully saturated rings. The number of hydrogen-bond acceptors (Lipinski definition) is 2. The predicted octanol–water partition coefficient (Wildman–Crippen LogP) is 3.17. The largest absolute Gasteiger partial charge is 0.323 e. The zero-order valence-corrected chi connectivity index (χ0v) is 11.3. The van der Waals surface area contributed by atoms with Gasteiger partial charge in [0.1, 0.15) is 5.54 Å². The molecule has 94 valence electrons. The molecule has 1 aliphatic rings. The fourth-order valence-corrected chi connectivity index (χ4v) is 2.33. The lowest BCUT2D eigenvalue weighted by atomic mass is 9.76. The Morgan fingerprint density at radius 2 is 2.17 bits per heavy atom. The molecule has 0 saturated heterocycles. The van der Waals surface area contributed by atoms with E-state index >= 15 is 0 Å². The molecular formula is C14H15ClN2O. The van der Waals surface area contributed by atoms with Gasteiger partial charge in [0.15, 0.2) is 0 Å². The van der Waals surface area contributed by atoms with Crippen molar-refractivity contribution in [3.05, 3.63) is 34.3 Å². The van der Waals surface area contributed by atoms with Crippen LogP contribution >= 0.6 is 11.6 Å². The van der Waals surface area contributed by atoms with E-state index in [2.05, 4.69) is 6.07 Å². The van der Waals surface area contributed by atoms with Crippen LogP contribution in [0.3, 0.4) is 0 Å². The van der Waals surface area contributed by atoms with Gasteiger partial charge >= 0.3 is 0 Å². The van der Waals surface area contributed by atoms with Crippen LogP contribution in [0.4, 0.5) is 0 Å². The maximum atomic E-state index is 12.3. The number of halogens is 1. The lowest BCUT2D eigenvalue weighted by Crippen LogP contribution is -2.53. The molecule has 2 rings (SSSR count). The molecule has 0 N–H and O–H groups in total. The van der Waals surface area contributed by atoms with Gasteiger partial charge < -0.3 is 4.90 Å². The van der Waals surface area contributed by atoms with Crippen molar-refractivity contribution in [1.29, 1.82) is 5.26 Å². The lowest BCUT2D eigenvalue weighted by Gasteiger charge is -2.42. The molecule has 0 radical (unpaired) electrons. The molecule has 1 amide bonds. The molecular weight excluding hydrogens is 248 g/mol. The molecule has 1 aromatic rings. The minimum Gasteiger partial charge on any atom is -0.323 e. The number of carbonyl (C=O) groups is 1. The predicted molar refractivity (Wildman–Crippen MR) is 70.5 cm³/mol. The molecule has 18 heavy (non-hydrogen) atoms. The van der Waals surface area contributed by atoms with E-state index < -0.39 is 5.54 Å². The molecule has 0 heterocycles. The minimum atomic E-state index is -0.617. The van der Waals surface area contributed by atoms with Gasteiger partial charge in [-0.2, -0.15) is 5.26 Å². The number of amides is 1. The highest BCUT2D eigenvalue weighted by atomic mass is 35.5. The quantitative estimate of drug-likeness (QED) is 0.822. The number of aryl methyl sites for hydroxylation is 1. The van der Waals surface area contributed by atoms with E-state index in [-0.39, 0.29) is 5.91 Å². The van der Waals surface area contributed by atoms with Crippen molar-refractivity contribution in [2.75, 3.05) is 7.05 Å². The van der Waals surface area contributed by atoms with E-state index in [1.54, 1.807) is 24.1 Å². The molecule has 3 nitrogen and oxygen atoms in total. The molecule has 0 atom stereocenters. The average Bonchev–Trinajstić information content (AvgIpc) is 2.31. The topological polar surface area (TPSA) is 44.1 Å². The fraction of sp³-hybridized carbons (Fsp3) is 0.429.